The number of carbonyl (C=O) groups is 1. The number of aromatic nitrogens is 2. The number of nitrogens with zero attached hydrogens (tertiary/aromatic N) is 1. The van der Waals surface area contributed by atoms with Crippen LogP contribution in [0.15, 0.2) is 23.0 Å². The van der Waals surface area contributed by atoms with E-state index in [1.54, 1.807) is 34.1 Å². The van der Waals surface area contributed by atoms with Crippen LogP contribution in [-0.4, -0.2) is 30.1 Å². The molecule has 0 unspecified atom stereocenters. The zero-order valence-corrected chi connectivity index (χ0v) is 14.2. The van der Waals surface area contributed by atoms with Crippen molar-refractivity contribution in [1.82, 2.24) is 15.3 Å². The number of amides is 1. The molecule has 7 nitrogen and oxygen atoms in total. The van der Waals surface area contributed by atoms with Gasteiger partial charge in [-0.05, 0) is 31.5 Å². The van der Waals surface area contributed by atoms with Crippen molar-refractivity contribution >= 4 is 5.91 Å². The van der Waals surface area contributed by atoms with Gasteiger partial charge in [0.15, 0.2) is 11.5 Å². The first-order valence-corrected chi connectivity index (χ1v) is 7.48. The Morgan fingerprint density at radius 2 is 1.92 bits per heavy atom. The summed E-state index contributed by atoms with van der Waals surface area (Å²) < 4.78 is 10.4. The smallest absolute Gasteiger partial charge is 0.345 e. The molecule has 1 aromatic carbocycles. The fourth-order valence-corrected chi connectivity index (χ4v) is 2.43. The van der Waals surface area contributed by atoms with Crippen LogP contribution < -0.4 is 20.5 Å². The largest absolute Gasteiger partial charge is 0.493 e. The van der Waals surface area contributed by atoms with Gasteiger partial charge in [0.25, 0.3) is 0 Å². The summed E-state index contributed by atoms with van der Waals surface area (Å²) >= 11 is 0. The summed E-state index contributed by atoms with van der Waals surface area (Å²) in [4.78, 5) is 29.9. The summed E-state index contributed by atoms with van der Waals surface area (Å²) in [6.07, 6.45) is 0.161. The number of rotatable bonds is 6. The van der Waals surface area contributed by atoms with Crippen LogP contribution in [-0.2, 0) is 17.8 Å². The summed E-state index contributed by atoms with van der Waals surface area (Å²) in [5, 5.41) is 2.85. The van der Waals surface area contributed by atoms with Crippen LogP contribution in [0, 0.1) is 13.8 Å². The Hall–Kier alpha value is -2.83. The maximum atomic E-state index is 12.2. The number of carbonyl (C=O) groups excluding carboxylic acids is 1. The van der Waals surface area contributed by atoms with Gasteiger partial charge in [-0.25, -0.2) is 4.79 Å². The molecule has 2 rings (SSSR count). The molecule has 0 aliphatic heterocycles. The second-order valence-corrected chi connectivity index (χ2v) is 5.37. The third-order valence-corrected chi connectivity index (χ3v) is 3.73. The van der Waals surface area contributed by atoms with Crippen molar-refractivity contribution in [3.05, 3.63) is 51.2 Å². The third-order valence-electron chi connectivity index (χ3n) is 3.73. The summed E-state index contributed by atoms with van der Waals surface area (Å²) in [7, 11) is 3.14. The van der Waals surface area contributed by atoms with Gasteiger partial charge < -0.3 is 19.8 Å². The summed E-state index contributed by atoms with van der Waals surface area (Å²) in [5.74, 6) is 1.10. The predicted octanol–water partition coefficient (Wildman–Crippen LogP) is 1.26. The molecule has 0 spiro atoms. The van der Waals surface area contributed by atoms with Crippen molar-refractivity contribution in [3.8, 4) is 11.5 Å². The highest BCUT2D eigenvalue weighted by atomic mass is 16.5. The Labute approximate surface area is 140 Å². The fraction of sp³-hybridized carbons (Fsp3) is 0.353. The molecule has 24 heavy (non-hydrogen) atoms. The highest BCUT2D eigenvalue weighted by molar-refractivity contribution is 5.79. The van der Waals surface area contributed by atoms with Gasteiger partial charge in [-0.2, -0.15) is 4.98 Å². The van der Waals surface area contributed by atoms with Crippen LogP contribution >= 0.6 is 0 Å². The number of ether oxygens (including phenoxy) is 2. The second-order valence-electron chi connectivity index (χ2n) is 5.37. The number of H-pyrrole nitrogens is 1. The number of nitrogens with one attached hydrogen (secondary N) is 2. The Morgan fingerprint density at radius 1 is 1.21 bits per heavy atom. The normalized spacial score (nSPS) is 10.3. The Morgan fingerprint density at radius 3 is 2.54 bits per heavy atom. The molecule has 128 valence electrons. The highest BCUT2D eigenvalue weighted by Gasteiger charge is 2.11. The first-order valence-electron chi connectivity index (χ1n) is 7.48. The molecule has 0 radical (unpaired) electrons. The zero-order valence-electron chi connectivity index (χ0n) is 14.2. The monoisotopic (exact) mass is 331 g/mol. The molecule has 0 fully saturated rings. The van der Waals surface area contributed by atoms with E-state index in [0.717, 1.165) is 11.1 Å². The van der Waals surface area contributed by atoms with E-state index in [9.17, 15) is 9.59 Å². The molecular weight excluding hydrogens is 310 g/mol. The van der Waals surface area contributed by atoms with Crippen molar-refractivity contribution in [1.29, 1.82) is 0 Å². The van der Waals surface area contributed by atoms with Gasteiger partial charge in [0.2, 0.25) is 5.91 Å². The lowest BCUT2D eigenvalue weighted by Crippen LogP contribution is -2.26. The van der Waals surface area contributed by atoms with Gasteiger partial charge in [-0.3, -0.25) is 4.79 Å². The first kappa shape index (κ1) is 17.5. The lowest BCUT2D eigenvalue weighted by Gasteiger charge is -2.11. The quantitative estimate of drug-likeness (QED) is 0.831. The Kier molecular flexibility index (Phi) is 5.57. The van der Waals surface area contributed by atoms with Gasteiger partial charge in [0.1, 0.15) is 0 Å². The molecule has 0 aliphatic rings. The molecule has 1 amide bonds. The highest BCUT2D eigenvalue weighted by Crippen LogP contribution is 2.27. The molecule has 0 aliphatic carbocycles. The molecule has 2 aromatic rings. The van der Waals surface area contributed by atoms with Crippen molar-refractivity contribution in [2.75, 3.05) is 14.2 Å². The molecule has 0 saturated heterocycles. The number of benzene rings is 1. The van der Waals surface area contributed by atoms with E-state index in [2.05, 4.69) is 15.3 Å². The molecule has 1 heterocycles. The van der Waals surface area contributed by atoms with Gasteiger partial charge in [0, 0.05) is 23.5 Å². The first-order chi connectivity index (χ1) is 11.4. The Bertz CT molecular complexity index is 773. The number of aromatic amines is 1. The van der Waals surface area contributed by atoms with Crippen LogP contribution in [0.3, 0.4) is 0 Å². The average molecular weight is 331 g/mol. The minimum atomic E-state index is -0.403. The molecular formula is C17H21N3O4. The van der Waals surface area contributed by atoms with Crippen LogP contribution in [0.4, 0.5) is 0 Å². The standard InChI is InChI=1S/C17H21N3O4/c1-10-13(11(2)20-17(22)19-10)8-16(21)18-9-12-5-6-14(23-3)15(7-12)24-4/h5-7H,8-9H2,1-4H3,(H,18,21)(H,19,20,22). The van der Waals surface area contributed by atoms with E-state index in [1.807, 2.05) is 12.1 Å². The second kappa shape index (κ2) is 7.63. The van der Waals surface area contributed by atoms with Crippen molar-refractivity contribution in [2.24, 2.45) is 0 Å². The minimum absolute atomic E-state index is 0.148. The molecule has 2 N–H and O–H groups in total. The number of aryl methyl sites for hydroxylation is 2. The molecule has 0 saturated carbocycles. The topological polar surface area (TPSA) is 93.3 Å². The van der Waals surface area contributed by atoms with E-state index in [4.69, 9.17) is 9.47 Å². The maximum absolute atomic E-state index is 12.2. The van der Waals surface area contributed by atoms with Crippen LogP contribution in [0.2, 0.25) is 0 Å². The fourth-order valence-electron chi connectivity index (χ4n) is 2.43. The SMILES string of the molecule is COc1ccc(CNC(=O)Cc2c(C)nc(=O)[nH]c2C)cc1OC. The van der Waals surface area contributed by atoms with E-state index >= 15 is 0 Å². The van der Waals surface area contributed by atoms with E-state index in [0.29, 0.717) is 29.4 Å². The van der Waals surface area contributed by atoms with E-state index in [-0.39, 0.29) is 12.3 Å². The Balaban J connectivity index is 2.03. The van der Waals surface area contributed by atoms with Crippen molar-refractivity contribution in [2.45, 2.75) is 26.8 Å². The van der Waals surface area contributed by atoms with Crippen LogP contribution in [0.5, 0.6) is 11.5 Å². The van der Waals surface area contributed by atoms with E-state index < -0.39 is 5.69 Å². The van der Waals surface area contributed by atoms with Gasteiger partial charge in [0.05, 0.1) is 20.6 Å². The predicted molar refractivity (Wildman–Crippen MR) is 89.4 cm³/mol. The summed E-state index contributed by atoms with van der Waals surface area (Å²) in [5.41, 5.74) is 2.46. The van der Waals surface area contributed by atoms with Crippen molar-refractivity contribution < 1.29 is 14.3 Å². The van der Waals surface area contributed by atoms with Crippen LogP contribution in [0.1, 0.15) is 22.5 Å². The summed E-state index contributed by atoms with van der Waals surface area (Å²) in [6, 6.07) is 5.47. The zero-order chi connectivity index (χ0) is 17.7. The number of hydrogen-bond acceptors (Lipinski definition) is 5. The van der Waals surface area contributed by atoms with Gasteiger partial charge in [-0.15, -0.1) is 0 Å². The molecule has 0 bridgehead atoms. The lowest BCUT2D eigenvalue weighted by molar-refractivity contribution is -0.120. The average Bonchev–Trinajstić information content (AvgIpc) is 2.55. The van der Waals surface area contributed by atoms with Crippen LogP contribution in [0.25, 0.3) is 0 Å². The van der Waals surface area contributed by atoms with E-state index in [1.165, 1.54) is 0 Å². The summed E-state index contributed by atoms with van der Waals surface area (Å²) in [6.45, 7) is 3.85. The van der Waals surface area contributed by atoms with Crippen molar-refractivity contribution in [3.63, 3.8) is 0 Å². The van der Waals surface area contributed by atoms with Gasteiger partial charge in [-0.1, -0.05) is 6.07 Å². The third kappa shape index (κ3) is 4.13. The molecule has 1 aromatic heterocycles. The lowest BCUT2D eigenvalue weighted by atomic mass is 10.1. The molecule has 7 heteroatoms. The number of hydrogen-bond donors (Lipinski definition) is 2. The van der Waals surface area contributed by atoms with Gasteiger partial charge >= 0.3 is 5.69 Å². The maximum Gasteiger partial charge on any atom is 0.345 e. The minimum Gasteiger partial charge on any atom is -0.493 e. The molecule has 0 atom stereocenters. The number of methoxy groups -OCH3 is 2.